The third-order valence-electron chi connectivity index (χ3n) is 7.31. The number of hydrogen-bond acceptors (Lipinski definition) is 2. The fourth-order valence-electron chi connectivity index (χ4n) is 5.75. The first-order valence-electron chi connectivity index (χ1n) is 12.2. The molecule has 0 spiro atoms. The molecular weight excluding hydrogens is 462 g/mol. The summed E-state index contributed by atoms with van der Waals surface area (Å²) in [6.45, 7) is 0. The molecule has 2 atom stereocenters. The normalized spacial score (nSPS) is 17.3. The first-order chi connectivity index (χ1) is 17.9. The van der Waals surface area contributed by atoms with E-state index in [0.29, 0.717) is 0 Å². The number of oxazole rings is 1. The number of hydrogen-bond donors (Lipinski definition) is 0. The highest BCUT2D eigenvalue weighted by atomic mass is 32.2. The van der Waals surface area contributed by atoms with Crippen LogP contribution in [0.25, 0.3) is 39.3 Å². The summed E-state index contributed by atoms with van der Waals surface area (Å²) in [5.74, 6) is 0. The van der Waals surface area contributed by atoms with Crippen molar-refractivity contribution < 1.29 is 18.1 Å². The molecule has 2 unspecified atom stereocenters. The summed E-state index contributed by atoms with van der Waals surface area (Å²) in [5, 5.41) is 1.12. The first-order valence-corrected chi connectivity index (χ1v) is 13.1. The molecule has 0 fully saturated rings. The molecule has 5 heterocycles. The van der Waals surface area contributed by atoms with Crippen LogP contribution in [0.15, 0.2) is 131 Å². The average Bonchev–Trinajstić information content (AvgIpc) is 3.24. The Labute approximate surface area is 212 Å². The van der Waals surface area contributed by atoms with Crippen LogP contribution >= 0.6 is 11.8 Å². The lowest BCUT2D eigenvalue weighted by atomic mass is 9.93. The molecule has 4 nitrogen and oxygen atoms in total. The van der Waals surface area contributed by atoms with E-state index in [2.05, 4.69) is 129 Å². The minimum atomic E-state index is 0.0562. The van der Waals surface area contributed by atoms with Gasteiger partial charge in [0.05, 0.1) is 17.3 Å². The van der Waals surface area contributed by atoms with Crippen LogP contribution in [0.5, 0.6) is 0 Å². The molecule has 0 amide bonds. The van der Waals surface area contributed by atoms with E-state index in [0.717, 1.165) is 22.0 Å². The van der Waals surface area contributed by atoms with Gasteiger partial charge in [0.25, 0.3) is 28.3 Å². The van der Waals surface area contributed by atoms with Gasteiger partial charge < -0.3 is 4.42 Å². The lowest BCUT2D eigenvalue weighted by Gasteiger charge is -2.24. The smallest absolute Gasteiger partial charge is 0.393 e. The van der Waals surface area contributed by atoms with E-state index >= 15 is 0 Å². The Morgan fingerprint density at radius 2 is 1.36 bits per heavy atom. The molecule has 3 aromatic heterocycles. The van der Waals surface area contributed by atoms with Gasteiger partial charge in [0.1, 0.15) is 0 Å². The van der Waals surface area contributed by atoms with Crippen molar-refractivity contribution in [2.75, 3.05) is 0 Å². The third-order valence-corrected chi connectivity index (χ3v) is 8.50. The Morgan fingerprint density at radius 3 is 2.31 bits per heavy atom. The van der Waals surface area contributed by atoms with E-state index < -0.39 is 0 Å². The van der Waals surface area contributed by atoms with Gasteiger partial charge in [-0.15, -0.1) is 4.57 Å². The highest BCUT2D eigenvalue weighted by Gasteiger charge is 2.55. The van der Waals surface area contributed by atoms with Gasteiger partial charge in [0.15, 0.2) is 12.4 Å². The maximum absolute atomic E-state index is 6.19. The molecule has 2 aliphatic rings. The molecular formula is C31H22N3OS+3. The van der Waals surface area contributed by atoms with E-state index in [1.807, 2.05) is 17.8 Å². The van der Waals surface area contributed by atoms with Gasteiger partial charge in [-0.1, -0.05) is 48.5 Å². The molecule has 0 N–H and O–H groups in total. The lowest BCUT2D eigenvalue weighted by Crippen LogP contribution is -2.58. The van der Waals surface area contributed by atoms with Gasteiger partial charge in [0.2, 0.25) is 11.3 Å². The highest BCUT2D eigenvalue weighted by molar-refractivity contribution is 7.99. The molecule has 0 saturated carbocycles. The zero-order valence-corrected chi connectivity index (χ0v) is 20.2. The molecule has 0 saturated heterocycles. The molecule has 0 aliphatic carbocycles. The Kier molecular flexibility index (Phi) is 4.25. The highest BCUT2D eigenvalue weighted by Crippen LogP contribution is 2.48. The first kappa shape index (κ1) is 20.0. The number of rotatable bonds is 1. The van der Waals surface area contributed by atoms with E-state index in [9.17, 15) is 0 Å². The molecule has 8 rings (SSSR count). The summed E-state index contributed by atoms with van der Waals surface area (Å²) >= 11 is 1.81. The van der Waals surface area contributed by atoms with Crippen LogP contribution in [0.2, 0.25) is 0 Å². The number of benzene rings is 3. The van der Waals surface area contributed by atoms with E-state index in [1.54, 1.807) is 0 Å². The largest absolute Gasteiger partial charge is 0.420 e. The summed E-state index contributed by atoms with van der Waals surface area (Å²) in [4.78, 5) is 0. The van der Waals surface area contributed by atoms with Crippen molar-refractivity contribution in [3.8, 4) is 28.2 Å². The summed E-state index contributed by atoms with van der Waals surface area (Å²) in [6.07, 6.45) is 4.40. The SMILES string of the molecule is c1ccc2c(c1)-c1ccccc1-[n+]1ccccc1-c1cccc[n+]1C2C1Sc2oc3ccccc3[n+]21. The van der Waals surface area contributed by atoms with Crippen molar-refractivity contribution in [2.45, 2.75) is 16.6 Å². The van der Waals surface area contributed by atoms with Crippen molar-refractivity contribution >= 4 is 22.9 Å². The second-order valence-corrected chi connectivity index (χ2v) is 10.3. The number of pyridine rings is 2. The van der Waals surface area contributed by atoms with Crippen molar-refractivity contribution in [3.05, 3.63) is 127 Å². The van der Waals surface area contributed by atoms with Crippen LogP contribution in [-0.4, -0.2) is 0 Å². The minimum absolute atomic E-state index is 0.0562. The second kappa shape index (κ2) is 7.64. The van der Waals surface area contributed by atoms with E-state index in [4.69, 9.17) is 4.42 Å². The van der Waals surface area contributed by atoms with Crippen molar-refractivity contribution in [1.29, 1.82) is 0 Å². The maximum atomic E-state index is 6.19. The fourth-order valence-corrected chi connectivity index (χ4v) is 6.98. The Hall–Kier alpha value is -4.22. The predicted octanol–water partition coefficient (Wildman–Crippen LogP) is 5.83. The van der Waals surface area contributed by atoms with Crippen molar-refractivity contribution in [3.63, 3.8) is 0 Å². The summed E-state index contributed by atoms with van der Waals surface area (Å²) in [5.41, 5.74) is 9.39. The number of fused-ring (bicyclic) bond motifs is 10. The molecule has 3 aromatic carbocycles. The fraction of sp³-hybridized carbons (Fsp3) is 0.0645. The summed E-state index contributed by atoms with van der Waals surface area (Å²) in [6, 6.07) is 39.0. The quantitative estimate of drug-likeness (QED) is 0.275. The maximum Gasteiger partial charge on any atom is 0.420 e. The van der Waals surface area contributed by atoms with Gasteiger partial charge >= 0.3 is 5.22 Å². The lowest BCUT2D eigenvalue weighted by molar-refractivity contribution is -0.810. The van der Waals surface area contributed by atoms with Crippen LogP contribution in [-0.2, 0) is 0 Å². The second-order valence-electron chi connectivity index (χ2n) is 9.21. The molecule has 5 heteroatoms. The van der Waals surface area contributed by atoms with Crippen LogP contribution in [0.4, 0.5) is 0 Å². The summed E-state index contributed by atoms with van der Waals surface area (Å²) in [7, 11) is 0. The molecule has 170 valence electrons. The van der Waals surface area contributed by atoms with Gasteiger partial charge in [0, 0.05) is 42.0 Å². The monoisotopic (exact) mass is 484 g/mol. The Balaban J connectivity index is 1.49. The molecule has 0 radical (unpaired) electrons. The average molecular weight is 485 g/mol. The van der Waals surface area contributed by atoms with Gasteiger partial charge in [-0.2, -0.15) is 9.13 Å². The number of thioether (sulfide) groups is 1. The Bertz CT molecular complexity index is 1720. The van der Waals surface area contributed by atoms with Crippen molar-refractivity contribution in [1.82, 2.24) is 0 Å². The standard InChI is InChI=1S/C31H22N3OS/c1-2-13-23-21(11-1)22-12-3-4-14-24(22)32-19-9-7-15-25(32)26-16-8-10-20-33(26)29(23)30-34-27-17-5-6-18-28(27)35-31(34)36-30/h1-20,29-30H/q+3. The molecule has 6 aromatic rings. The van der Waals surface area contributed by atoms with Gasteiger partial charge in [-0.3, -0.25) is 0 Å². The predicted molar refractivity (Wildman–Crippen MR) is 138 cm³/mol. The van der Waals surface area contributed by atoms with Crippen LogP contribution in [0.3, 0.4) is 0 Å². The van der Waals surface area contributed by atoms with Crippen LogP contribution in [0, 0.1) is 0 Å². The molecule has 0 bridgehead atoms. The van der Waals surface area contributed by atoms with Gasteiger partial charge in [-0.25, -0.2) is 0 Å². The minimum Gasteiger partial charge on any atom is -0.393 e. The number of para-hydroxylation sites is 3. The molecule has 2 aliphatic heterocycles. The van der Waals surface area contributed by atoms with Crippen molar-refractivity contribution in [2.24, 2.45) is 0 Å². The zero-order valence-electron chi connectivity index (χ0n) is 19.4. The summed E-state index contributed by atoms with van der Waals surface area (Å²) < 4.78 is 13.3. The number of nitrogens with zero attached hydrogens (tertiary/aromatic N) is 3. The topological polar surface area (TPSA) is 24.8 Å². The van der Waals surface area contributed by atoms with E-state index in [1.165, 1.54) is 28.1 Å². The van der Waals surface area contributed by atoms with Crippen LogP contribution < -0.4 is 13.7 Å². The van der Waals surface area contributed by atoms with E-state index in [-0.39, 0.29) is 11.4 Å². The van der Waals surface area contributed by atoms with Crippen LogP contribution in [0.1, 0.15) is 17.0 Å². The van der Waals surface area contributed by atoms with Gasteiger partial charge in [-0.05, 0) is 29.8 Å². The third kappa shape index (κ3) is 2.75. The molecule has 36 heavy (non-hydrogen) atoms. The zero-order chi connectivity index (χ0) is 23.6. The Morgan fingerprint density at radius 1 is 0.639 bits per heavy atom. The number of aromatic nitrogens is 3.